The fraction of sp³-hybridized carbons (Fsp3) is 0.400. The van der Waals surface area contributed by atoms with Crippen LogP contribution >= 0.6 is 11.8 Å². The second-order valence-electron chi connectivity index (χ2n) is 9.31. The second-order valence-corrected chi connectivity index (χ2v) is 10.3. The second kappa shape index (κ2) is 9.74. The van der Waals surface area contributed by atoms with E-state index in [1.807, 2.05) is 31.3 Å². The summed E-state index contributed by atoms with van der Waals surface area (Å²) in [6, 6.07) is 6.04. The van der Waals surface area contributed by atoms with Crippen LogP contribution in [0.15, 0.2) is 40.0 Å². The molecule has 6 rings (SSSR count). The Morgan fingerprint density at radius 1 is 1.17 bits per heavy atom. The molecule has 3 aromatic heterocycles. The van der Waals surface area contributed by atoms with E-state index in [1.54, 1.807) is 6.20 Å². The van der Waals surface area contributed by atoms with Crippen LogP contribution in [0.3, 0.4) is 0 Å². The van der Waals surface area contributed by atoms with Gasteiger partial charge in [0, 0.05) is 43.7 Å². The Morgan fingerprint density at radius 3 is 2.97 bits per heavy atom. The zero-order valence-electron chi connectivity index (χ0n) is 19.8. The molecule has 1 fully saturated rings. The molecule has 0 saturated heterocycles. The van der Waals surface area contributed by atoms with E-state index in [4.69, 9.17) is 4.42 Å². The number of nitrogens with zero attached hydrogens (tertiary/aromatic N) is 4. The van der Waals surface area contributed by atoms with Gasteiger partial charge in [0.15, 0.2) is 17.3 Å². The maximum Gasteiger partial charge on any atom is 0.236 e. The maximum absolute atomic E-state index is 11.6. The molecule has 4 aromatic rings. The number of carbonyl (C=O) groups excluding carboxylic acids is 1. The van der Waals surface area contributed by atoms with Gasteiger partial charge in [0.05, 0.1) is 29.3 Å². The highest BCUT2D eigenvalue weighted by molar-refractivity contribution is 8.00. The quantitative estimate of drug-likeness (QED) is 0.309. The third kappa shape index (κ3) is 4.66. The van der Waals surface area contributed by atoms with Crippen LogP contribution in [-0.4, -0.2) is 54.9 Å². The fourth-order valence-corrected chi connectivity index (χ4v) is 5.71. The maximum atomic E-state index is 11.6. The molecule has 0 bridgehead atoms. The van der Waals surface area contributed by atoms with Crippen LogP contribution in [0.2, 0.25) is 0 Å². The highest BCUT2D eigenvalue weighted by Crippen LogP contribution is 2.29. The Hall–Kier alpha value is -3.12. The van der Waals surface area contributed by atoms with Gasteiger partial charge >= 0.3 is 0 Å². The number of aliphatic hydroxyl groups excluding tert-OH is 1. The summed E-state index contributed by atoms with van der Waals surface area (Å²) in [6.07, 6.45) is 5.51. The first-order chi connectivity index (χ1) is 17.5. The van der Waals surface area contributed by atoms with Crippen LogP contribution in [0, 0.1) is 6.92 Å². The Balaban J connectivity index is 1.07. The molecule has 1 aliphatic heterocycles. The first kappa shape index (κ1) is 23.3. The van der Waals surface area contributed by atoms with E-state index in [9.17, 15) is 9.90 Å². The number of amides is 1. The minimum atomic E-state index is -0.469. The summed E-state index contributed by atoms with van der Waals surface area (Å²) in [7, 11) is 0. The van der Waals surface area contributed by atoms with E-state index in [0.717, 1.165) is 51.1 Å². The summed E-state index contributed by atoms with van der Waals surface area (Å²) in [4.78, 5) is 29.6. The van der Waals surface area contributed by atoms with E-state index in [0.29, 0.717) is 37.0 Å². The largest absolute Gasteiger partial charge is 0.441 e. The lowest BCUT2D eigenvalue weighted by molar-refractivity contribution is -0.113. The predicted molar refractivity (Wildman–Crippen MR) is 137 cm³/mol. The highest BCUT2D eigenvalue weighted by Gasteiger charge is 2.29. The Labute approximate surface area is 211 Å². The molecule has 36 heavy (non-hydrogen) atoms. The topological polar surface area (TPSA) is 138 Å². The molecule has 1 aromatic carbocycles. The van der Waals surface area contributed by atoms with Crippen LogP contribution in [-0.2, 0) is 17.9 Å². The number of nitrogens with one attached hydrogen (secondary N) is 3. The average molecular weight is 506 g/mol. The van der Waals surface area contributed by atoms with Gasteiger partial charge in [-0.25, -0.2) is 15.0 Å². The Bertz CT molecular complexity index is 1440. The normalized spacial score (nSPS) is 22.1. The monoisotopic (exact) mass is 505 g/mol. The van der Waals surface area contributed by atoms with E-state index < -0.39 is 6.10 Å². The summed E-state index contributed by atoms with van der Waals surface area (Å²) in [5.74, 6) is 1.48. The average Bonchev–Trinajstić information content (AvgIpc) is 3.27. The van der Waals surface area contributed by atoms with Crippen LogP contribution < -0.4 is 16.0 Å². The SMILES string of the molecule is Cc1nc2c(ccc3nccc(CN[C@H]4CC[C@H](NCc5cnc6c(n5)NC(=O)CS6)C[C@H]4O)c32)o1. The molecule has 0 spiro atoms. The number of fused-ring (bicyclic) bond motifs is 4. The van der Waals surface area contributed by atoms with Gasteiger partial charge in [-0.05, 0) is 43.0 Å². The van der Waals surface area contributed by atoms with Crippen molar-refractivity contribution in [1.29, 1.82) is 0 Å². The molecule has 186 valence electrons. The number of thioether (sulfide) groups is 1. The molecule has 3 atom stereocenters. The van der Waals surface area contributed by atoms with Gasteiger partial charge in [0.1, 0.15) is 10.5 Å². The fourth-order valence-electron chi connectivity index (χ4n) is 5.01. The zero-order chi connectivity index (χ0) is 24.6. The molecule has 4 N–H and O–H groups in total. The van der Waals surface area contributed by atoms with Crippen molar-refractivity contribution in [2.45, 2.75) is 62.5 Å². The standard InChI is InChI=1S/C25H27N7O3S/c1-13-30-23-20(35-13)5-4-18-22(23)14(6-7-26-18)9-28-17-3-2-15(8-19(17)33)27-10-16-11-29-25-24(31-16)32-21(34)12-36-25/h4-7,11,15,17,19,27-28,33H,2-3,8-10,12H2,1H3,(H,31,32,34)/t15-,17-,19+/m0/s1. The van der Waals surface area contributed by atoms with Crippen molar-refractivity contribution in [3.05, 3.63) is 47.7 Å². The van der Waals surface area contributed by atoms with Gasteiger partial charge in [-0.1, -0.05) is 11.8 Å². The smallest absolute Gasteiger partial charge is 0.236 e. The first-order valence-corrected chi connectivity index (χ1v) is 13.1. The molecule has 0 unspecified atom stereocenters. The molecule has 1 saturated carbocycles. The number of pyridine rings is 1. The predicted octanol–water partition coefficient (Wildman–Crippen LogP) is 2.68. The third-order valence-corrected chi connectivity index (χ3v) is 7.76. The minimum absolute atomic E-state index is 0.000266. The number of anilines is 1. The lowest BCUT2D eigenvalue weighted by Crippen LogP contribution is -2.48. The van der Waals surface area contributed by atoms with E-state index in [-0.39, 0.29) is 18.0 Å². The summed E-state index contributed by atoms with van der Waals surface area (Å²) < 4.78 is 5.71. The number of aryl methyl sites for hydroxylation is 1. The highest BCUT2D eigenvalue weighted by atomic mass is 32.2. The summed E-state index contributed by atoms with van der Waals surface area (Å²) >= 11 is 1.40. The number of rotatable bonds is 6. The molecular formula is C25H27N7O3S. The van der Waals surface area contributed by atoms with E-state index in [1.165, 1.54) is 11.8 Å². The number of hydrogen-bond acceptors (Lipinski definition) is 10. The Kier molecular flexibility index (Phi) is 6.30. The molecular weight excluding hydrogens is 478 g/mol. The molecule has 2 aliphatic rings. The molecule has 4 heterocycles. The number of aliphatic hydroxyl groups is 1. The summed E-state index contributed by atoms with van der Waals surface area (Å²) in [5.41, 5.74) is 4.32. The number of carbonyl (C=O) groups is 1. The lowest BCUT2D eigenvalue weighted by Gasteiger charge is -2.34. The summed E-state index contributed by atoms with van der Waals surface area (Å²) in [6.45, 7) is 2.99. The number of aromatic nitrogens is 4. The van der Waals surface area contributed by atoms with Gasteiger partial charge in [-0.2, -0.15) is 0 Å². The number of benzene rings is 1. The molecule has 1 amide bonds. The van der Waals surface area contributed by atoms with Crippen molar-refractivity contribution >= 4 is 45.5 Å². The minimum Gasteiger partial charge on any atom is -0.441 e. The third-order valence-electron chi connectivity index (χ3n) is 6.79. The van der Waals surface area contributed by atoms with Crippen LogP contribution in [0.25, 0.3) is 22.0 Å². The van der Waals surface area contributed by atoms with Crippen molar-refractivity contribution in [3.63, 3.8) is 0 Å². The van der Waals surface area contributed by atoms with Crippen LogP contribution in [0.5, 0.6) is 0 Å². The van der Waals surface area contributed by atoms with Crippen molar-refractivity contribution in [2.75, 3.05) is 11.1 Å². The number of hydrogen-bond donors (Lipinski definition) is 4. The molecule has 0 radical (unpaired) electrons. The first-order valence-electron chi connectivity index (χ1n) is 12.1. The van der Waals surface area contributed by atoms with Gasteiger partial charge in [-0.3, -0.25) is 9.78 Å². The van der Waals surface area contributed by atoms with Crippen molar-refractivity contribution < 1.29 is 14.3 Å². The van der Waals surface area contributed by atoms with E-state index in [2.05, 4.69) is 35.9 Å². The molecule has 11 heteroatoms. The van der Waals surface area contributed by atoms with Gasteiger partial charge in [-0.15, -0.1) is 0 Å². The molecule has 1 aliphatic carbocycles. The van der Waals surface area contributed by atoms with Gasteiger partial charge < -0.3 is 25.5 Å². The van der Waals surface area contributed by atoms with Crippen molar-refractivity contribution in [2.24, 2.45) is 0 Å². The number of oxazole rings is 1. The van der Waals surface area contributed by atoms with E-state index >= 15 is 0 Å². The van der Waals surface area contributed by atoms with Gasteiger partial charge in [0.25, 0.3) is 0 Å². The van der Waals surface area contributed by atoms with Gasteiger partial charge in [0.2, 0.25) is 5.91 Å². The van der Waals surface area contributed by atoms with Crippen molar-refractivity contribution in [1.82, 2.24) is 30.6 Å². The summed E-state index contributed by atoms with van der Waals surface area (Å²) in [5, 5.41) is 22.4. The molecule has 10 nitrogen and oxygen atoms in total. The van der Waals surface area contributed by atoms with Crippen LogP contribution in [0.4, 0.5) is 5.82 Å². The lowest BCUT2D eigenvalue weighted by atomic mass is 9.88. The zero-order valence-corrected chi connectivity index (χ0v) is 20.6. The van der Waals surface area contributed by atoms with Crippen molar-refractivity contribution in [3.8, 4) is 0 Å². The van der Waals surface area contributed by atoms with Crippen LogP contribution in [0.1, 0.15) is 36.4 Å². The Morgan fingerprint density at radius 2 is 2.08 bits per heavy atom.